The number of nitrogens with two attached hydrogens (primary N) is 1. The molecule has 0 bridgehead atoms. The molecule has 1 heterocycles. The van der Waals surface area contributed by atoms with E-state index in [2.05, 4.69) is 11.0 Å². The summed E-state index contributed by atoms with van der Waals surface area (Å²) < 4.78 is 11.9. The minimum absolute atomic E-state index is 0.372. The van der Waals surface area contributed by atoms with Gasteiger partial charge >= 0.3 is 0 Å². The van der Waals surface area contributed by atoms with Crippen molar-refractivity contribution in [1.82, 2.24) is 4.90 Å². The highest BCUT2D eigenvalue weighted by Gasteiger charge is 2.11. The normalized spacial score (nSPS) is 14.4. The third-order valence-electron chi connectivity index (χ3n) is 5.59. The summed E-state index contributed by atoms with van der Waals surface area (Å²) in [5.41, 5.74) is 8.26. The number of nitrogen functional groups attached to an aromatic ring is 1. The molecule has 0 atom stereocenters. The average molecular weight is 402 g/mol. The van der Waals surface area contributed by atoms with E-state index in [0.717, 1.165) is 47.4 Å². The van der Waals surface area contributed by atoms with E-state index in [1.165, 1.54) is 19.3 Å². The van der Waals surface area contributed by atoms with Gasteiger partial charge in [0.25, 0.3) is 0 Å². The second-order valence-corrected chi connectivity index (χ2v) is 7.68. The average Bonchev–Trinajstić information content (AvgIpc) is 2.80. The predicted octanol–water partition coefficient (Wildman–Crippen LogP) is 4.74. The zero-order valence-corrected chi connectivity index (χ0v) is 17.1. The summed E-state index contributed by atoms with van der Waals surface area (Å²) in [6.07, 6.45) is 3.86. The summed E-state index contributed by atoms with van der Waals surface area (Å²) in [7, 11) is 0. The van der Waals surface area contributed by atoms with Crippen LogP contribution in [0.3, 0.4) is 0 Å². The van der Waals surface area contributed by atoms with E-state index >= 15 is 0 Å². The third-order valence-corrected chi connectivity index (χ3v) is 5.59. The first-order valence-electron chi connectivity index (χ1n) is 10.5. The number of anilines is 1. The molecule has 0 spiro atoms. The molecule has 3 aromatic rings. The number of nitriles is 1. The minimum Gasteiger partial charge on any atom is -0.491 e. The molecule has 0 saturated carbocycles. The molecule has 1 aliphatic rings. The van der Waals surface area contributed by atoms with Crippen molar-refractivity contribution in [2.45, 2.75) is 25.9 Å². The molecular weight excluding hydrogens is 374 g/mol. The molecule has 1 fully saturated rings. The molecule has 30 heavy (non-hydrogen) atoms. The van der Waals surface area contributed by atoms with Crippen LogP contribution in [0.2, 0.25) is 0 Å². The van der Waals surface area contributed by atoms with E-state index in [4.69, 9.17) is 15.2 Å². The van der Waals surface area contributed by atoms with E-state index in [1.54, 1.807) is 0 Å². The van der Waals surface area contributed by atoms with Crippen molar-refractivity contribution >= 4 is 16.5 Å². The third kappa shape index (κ3) is 4.67. The quantitative estimate of drug-likeness (QED) is 0.579. The maximum Gasteiger partial charge on any atom is 0.137 e. The molecule has 3 aromatic carbocycles. The van der Waals surface area contributed by atoms with Gasteiger partial charge in [-0.25, -0.2) is 0 Å². The lowest BCUT2D eigenvalue weighted by molar-refractivity contribution is 0.183. The van der Waals surface area contributed by atoms with Crippen LogP contribution in [0.15, 0.2) is 54.6 Å². The summed E-state index contributed by atoms with van der Waals surface area (Å²) in [6.45, 7) is 4.16. The lowest BCUT2D eigenvalue weighted by Crippen LogP contribution is -2.33. The molecule has 2 N–H and O–H groups in total. The van der Waals surface area contributed by atoms with Crippen LogP contribution in [0.4, 0.5) is 5.69 Å². The molecule has 5 heteroatoms. The van der Waals surface area contributed by atoms with Gasteiger partial charge in [-0.15, -0.1) is 0 Å². The molecular formula is C25H27N3O2. The number of hydrogen-bond acceptors (Lipinski definition) is 5. The Kier molecular flexibility index (Phi) is 6.36. The van der Waals surface area contributed by atoms with Crippen LogP contribution in [0.1, 0.15) is 30.4 Å². The fourth-order valence-electron chi connectivity index (χ4n) is 3.93. The Labute approximate surface area is 177 Å². The molecule has 0 radical (unpaired) electrons. The van der Waals surface area contributed by atoms with Gasteiger partial charge in [-0.2, -0.15) is 5.26 Å². The van der Waals surface area contributed by atoms with Crippen LogP contribution in [0, 0.1) is 11.3 Å². The van der Waals surface area contributed by atoms with Gasteiger partial charge in [0.1, 0.15) is 30.8 Å². The molecule has 4 rings (SSSR count). The lowest BCUT2D eigenvalue weighted by Gasteiger charge is -2.26. The SMILES string of the molecule is N#Cc1cc(COc2ccc(N)c3ccccc23)ccc1OCCN1CCCCC1. The summed E-state index contributed by atoms with van der Waals surface area (Å²) in [5, 5.41) is 11.5. The molecule has 1 saturated heterocycles. The van der Waals surface area contributed by atoms with E-state index < -0.39 is 0 Å². The van der Waals surface area contributed by atoms with E-state index in [0.29, 0.717) is 24.5 Å². The molecule has 0 aliphatic carbocycles. The molecule has 5 nitrogen and oxygen atoms in total. The highest BCUT2D eigenvalue weighted by Crippen LogP contribution is 2.30. The summed E-state index contributed by atoms with van der Waals surface area (Å²) >= 11 is 0. The molecule has 0 unspecified atom stereocenters. The fourth-order valence-corrected chi connectivity index (χ4v) is 3.93. The van der Waals surface area contributed by atoms with Crippen LogP contribution in [-0.2, 0) is 6.61 Å². The summed E-state index contributed by atoms with van der Waals surface area (Å²) in [4.78, 5) is 2.43. The van der Waals surface area contributed by atoms with Gasteiger partial charge in [0, 0.05) is 23.0 Å². The predicted molar refractivity (Wildman–Crippen MR) is 120 cm³/mol. The molecule has 0 aromatic heterocycles. The molecule has 0 amide bonds. The van der Waals surface area contributed by atoms with Crippen molar-refractivity contribution in [3.05, 3.63) is 65.7 Å². The highest BCUT2D eigenvalue weighted by molar-refractivity contribution is 5.96. The van der Waals surface area contributed by atoms with Gasteiger partial charge < -0.3 is 15.2 Å². The number of likely N-dealkylation sites (tertiary alicyclic amines) is 1. The van der Waals surface area contributed by atoms with Crippen molar-refractivity contribution in [2.75, 3.05) is 32.0 Å². The van der Waals surface area contributed by atoms with Crippen molar-refractivity contribution < 1.29 is 9.47 Å². The van der Waals surface area contributed by atoms with Crippen LogP contribution in [0.5, 0.6) is 11.5 Å². The second-order valence-electron chi connectivity index (χ2n) is 7.68. The number of ether oxygens (including phenoxy) is 2. The number of benzene rings is 3. The van der Waals surface area contributed by atoms with Gasteiger partial charge in [-0.3, -0.25) is 4.90 Å². The van der Waals surface area contributed by atoms with Crippen LogP contribution in [-0.4, -0.2) is 31.1 Å². The Hall–Kier alpha value is -3.23. The number of fused-ring (bicyclic) bond motifs is 1. The van der Waals surface area contributed by atoms with Gasteiger partial charge in [-0.05, 0) is 55.8 Å². The highest BCUT2D eigenvalue weighted by atomic mass is 16.5. The Morgan fingerprint density at radius 1 is 0.900 bits per heavy atom. The molecule has 154 valence electrons. The van der Waals surface area contributed by atoms with Crippen LogP contribution < -0.4 is 15.2 Å². The van der Waals surface area contributed by atoms with Crippen molar-refractivity contribution in [2.24, 2.45) is 0 Å². The zero-order valence-electron chi connectivity index (χ0n) is 17.1. The largest absolute Gasteiger partial charge is 0.491 e. The van der Waals surface area contributed by atoms with Crippen LogP contribution in [0.25, 0.3) is 10.8 Å². The van der Waals surface area contributed by atoms with Gasteiger partial charge in [-0.1, -0.05) is 36.8 Å². The van der Waals surface area contributed by atoms with E-state index in [1.807, 2.05) is 54.6 Å². The number of rotatable bonds is 7. The maximum atomic E-state index is 9.55. The minimum atomic E-state index is 0.372. The van der Waals surface area contributed by atoms with Gasteiger partial charge in [0.15, 0.2) is 0 Å². The van der Waals surface area contributed by atoms with E-state index in [-0.39, 0.29) is 0 Å². The number of hydrogen-bond donors (Lipinski definition) is 1. The maximum absolute atomic E-state index is 9.55. The van der Waals surface area contributed by atoms with Crippen molar-refractivity contribution in [1.29, 1.82) is 5.26 Å². The monoisotopic (exact) mass is 401 g/mol. The Bertz CT molecular complexity index is 1050. The van der Waals surface area contributed by atoms with Crippen molar-refractivity contribution in [3.8, 4) is 17.6 Å². The first kappa shape index (κ1) is 20.1. The topological polar surface area (TPSA) is 71.5 Å². The number of piperidine rings is 1. The van der Waals surface area contributed by atoms with Crippen LogP contribution >= 0.6 is 0 Å². The molecule has 1 aliphatic heterocycles. The van der Waals surface area contributed by atoms with Crippen molar-refractivity contribution in [3.63, 3.8) is 0 Å². The number of nitrogens with zero attached hydrogens (tertiary/aromatic N) is 2. The second kappa shape index (κ2) is 9.51. The summed E-state index contributed by atoms with van der Waals surface area (Å²) in [6, 6.07) is 19.6. The fraction of sp³-hybridized carbons (Fsp3) is 0.320. The van der Waals surface area contributed by atoms with Gasteiger partial charge in [0.05, 0.1) is 5.56 Å². The van der Waals surface area contributed by atoms with E-state index in [9.17, 15) is 5.26 Å². The smallest absolute Gasteiger partial charge is 0.137 e. The first-order valence-corrected chi connectivity index (χ1v) is 10.5. The Morgan fingerprint density at radius 2 is 1.67 bits per heavy atom. The lowest BCUT2D eigenvalue weighted by atomic mass is 10.1. The Morgan fingerprint density at radius 3 is 2.47 bits per heavy atom. The van der Waals surface area contributed by atoms with Gasteiger partial charge in [0.2, 0.25) is 0 Å². The summed E-state index contributed by atoms with van der Waals surface area (Å²) in [5.74, 6) is 1.41. The first-order chi connectivity index (χ1) is 14.7. The zero-order chi connectivity index (χ0) is 20.8. The standard InChI is InChI=1S/C25H27N3O2/c26-17-20-16-19(8-10-24(20)29-15-14-28-12-4-1-5-13-28)18-30-25-11-9-23(27)21-6-2-3-7-22(21)25/h2-3,6-11,16H,1,4-5,12-15,18,27H2. The Balaban J connectivity index is 1.39.